The lowest BCUT2D eigenvalue weighted by atomic mass is 10.1. The number of hydrogen-bond acceptors (Lipinski definition) is 2. The molecule has 0 unspecified atom stereocenters. The van der Waals surface area contributed by atoms with Crippen LogP contribution in [0.2, 0.25) is 0 Å². The predicted molar refractivity (Wildman–Crippen MR) is 73.5 cm³/mol. The van der Waals surface area contributed by atoms with Gasteiger partial charge >= 0.3 is 0 Å². The maximum atomic E-state index is 11.9. The van der Waals surface area contributed by atoms with Crippen molar-refractivity contribution in [1.29, 1.82) is 0 Å². The molecular weight excluding hydrogens is 294 g/mol. The van der Waals surface area contributed by atoms with Gasteiger partial charge in [-0.05, 0) is 23.8 Å². The fourth-order valence-electron chi connectivity index (χ4n) is 1.59. The number of nitrogens with zero attached hydrogens (tertiary/aromatic N) is 2. The molecular formula is C13H14BrN3O. The first kappa shape index (κ1) is 12.8. The van der Waals surface area contributed by atoms with Gasteiger partial charge < -0.3 is 5.32 Å². The minimum Gasteiger partial charge on any atom is -0.346 e. The smallest absolute Gasteiger partial charge is 0.251 e. The summed E-state index contributed by atoms with van der Waals surface area (Å²) in [6.07, 6.45) is 1.71. The molecule has 94 valence electrons. The molecule has 1 N–H and O–H groups in total. The highest BCUT2D eigenvalue weighted by Crippen LogP contribution is 2.08. The summed E-state index contributed by atoms with van der Waals surface area (Å²) >= 11 is 3.37. The number of aryl methyl sites for hydroxylation is 1. The molecule has 1 heterocycles. The molecule has 0 spiro atoms. The van der Waals surface area contributed by atoms with Crippen LogP contribution in [0.4, 0.5) is 0 Å². The van der Waals surface area contributed by atoms with Gasteiger partial charge in [-0.3, -0.25) is 9.48 Å². The molecule has 0 aliphatic carbocycles. The fraction of sp³-hybridized carbons (Fsp3) is 0.231. The zero-order valence-corrected chi connectivity index (χ0v) is 11.6. The van der Waals surface area contributed by atoms with Crippen LogP contribution in [0.1, 0.15) is 21.6 Å². The number of aromatic nitrogens is 2. The molecule has 0 fully saturated rings. The van der Waals surface area contributed by atoms with Crippen LogP contribution in [0.15, 0.2) is 36.5 Å². The third kappa shape index (κ3) is 2.98. The van der Waals surface area contributed by atoms with E-state index in [0.29, 0.717) is 12.1 Å². The van der Waals surface area contributed by atoms with E-state index in [9.17, 15) is 4.79 Å². The van der Waals surface area contributed by atoms with Crippen molar-refractivity contribution in [2.45, 2.75) is 11.9 Å². The number of alkyl halides is 1. The Morgan fingerprint density at radius 3 is 2.61 bits per heavy atom. The summed E-state index contributed by atoms with van der Waals surface area (Å²) in [5.74, 6) is -0.0719. The first-order valence-electron chi connectivity index (χ1n) is 5.60. The van der Waals surface area contributed by atoms with Crippen LogP contribution >= 0.6 is 15.9 Å². The third-order valence-electron chi connectivity index (χ3n) is 2.72. The first-order valence-corrected chi connectivity index (χ1v) is 6.73. The summed E-state index contributed by atoms with van der Waals surface area (Å²) in [5.41, 5.74) is 2.79. The molecule has 0 aliphatic heterocycles. The van der Waals surface area contributed by atoms with Crippen molar-refractivity contribution < 1.29 is 4.79 Å². The minimum atomic E-state index is -0.0719. The van der Waals surface area contributed by atoms with Gasteiger partial charge in [0.15, 0.2) is 0 Å². The molecule has 0 aliphatic rings. The fourth-order valence-corrected chi connectivity index (χ4v) is 1.97. The van der Waals surface area contributed by atoms with Gasteiger partial charge in [0.1, 0.15) is 0 Å². The van der Waals surface area contributed by atoms with E-state index in [1.807, 2.05) is 37.4 Å². The normalized spacial score (nSPS) is 10.3. The second kappa shape index (κ2) is 5.82. The lowest BCUT2D eigenvalue weighted by molar-refractivity contribution is 0.0950. The van der Waals surface area contributed by atoms with Crippen molar-refractivity contribution in [2.24, 2.45) is 7.05 Å². The SMILES string of the molecule is Cn1nccc1CNC(=O)c1ccc(CBr)cc1. The Hall–Kier alpha value is -1.62. The van der Waals surface area contributed by atoms with Gasteiger partial charge in [-0.25, -0.2) is 0 Å². The second-order valence-electron chi connectivity index (χ2n) is 3.96. The molecule has 1 aromatic heterocycles. The van der Waals surface area contributed by atoms with Crippen LogP contribution in [0.5, 0.6) is 0 Å². The van der Waals surface area contributed by atoms with Crippen LogP contribution in [-0.4, -0.2) is 15.7 Å². The van der Waals surface area contributed by atoms with Crippen LogP contribution in [0.25, 0.3) is 0 Å². The average molecular weight is 308 g/mol. The van der Waals surface area contributed by atoms with Crippen LogP contribution in [0, 0.1) is 0 Å². The Kier molecular flexibility index (Phi) is 4.15. The lowest BCUT2D eigenvalue weighted by Crippen LogP contribution is -2.24. The summed E-state index contributed by atoms with van der Waals surface area (Å²) < 4.78 is 1.74. The van der Waals surface area contributed by atoms with E-state index < -0.39 is 0 Å². The van der Waals surface area contributed by atoms with E-state index in [1.54, 1.807) is 10.9 Å². The molecule has 5 heteroatoms. The molecule has 0 radical (unpaired) electrons. The Morgan fingerprint density at radius 1 is 1.33 bits per heavy atom. The molecule has 2 aromatic rings. The Balaban J connectivity index is 1.97. The number of carbonyl (C=O) groups is 1. The van der Waals surface area contributed by atoms with Gasteiger partial charge in [0.25, 0.3) is 5.91 Å². The summed E-state index contributed by atoms with van der Waals surface area (Å²) in [6.45, 7) is 0.482. The molecule has 0 saturated carbocycles. The van der Waals surface area contributed by atoms with E-state index >= 15 is 0 Å². The molecule has 4 nitrogen and oxygen atoms in total. The number of carbonyl (C=O) groups excluding carboxylic acids is 1. The van der Waals surface area contributed by atoms with E-state index in [-0.39, 0.29) is 5.91 Å². The van der Waals surface area contributed by atoms with Gasteiger partial charge in [0.2, 0.25) is 0 Å². The largest absolute Gasteiger partial charge is 0.346 e. The summed E-state index contributed by atoms with van der Waals surface area (Å²) in [4.78, 5) is 11.9. The predicted octanol–water partition coefficient (Wildman–Crippen LogP) is 2.25. The average Bonchev–Trinajstić information content (AvgIpc) is 2.81. The standard InChI is InChI=1S/C13H14BrN3O/c1-17-12(6-7-16-17)9-15-13(18)11-4-2-10(8-14)3-5-11/h2-7H,8-9H2,1H3,(H,15,18). The Morgan fingerprint density at radius 2 is 2.06 bits per heavy atom. The van der Waals surface area contributed by atoms with Crippen molar-refractivity contribution in [3.8, 4) is 0 Å². The molecule has 1 aromatic carbocycles. The van der Waals surface area contributed by atoms with Crippen molar-refractivity contribution in [3.63, 3.8) is 0 Å². The number of hydrogen-bond donors (Lipinski definition) is 1. The van der Waals surface area contributed by atoms with Crippen LogP contribution in [0.3, 0.4) is 0 Å². The highest BCUT2D eigenvalue weighted by Gasteiger charge is 2.06. The van der Waals surface area contributed by atoms with Crippen molar-refractivity contribution in [3.05, 3.63) is 53.3 Å². The minimum absolute atomic E-state index is 0.0719. The van der Waals surface area contributed by atoms with E-state index in [1.165, 1.54) is 0 Å². The lowest BCUT2D eigenvalue weighted by Gasteiger charge is -2.06. The Labute approximate surface area is 114 Å². The van der Waals surface area contributed by atoms with Crippen molar-refractivity contribution in [2.75, 3.05) is 0 Å². The topological polar surface area (TPSA) is 46.9 Å². The molecule has 18 heavy (non-hydrogen) atoms. The highest BCUT2D eigenvalue weighted by molar-refractivity contribution is 9.08. The number of benzene rings is 1. The number of halogens is 1. The van der Waals surface area contributed by atoms with Crippen molar-refractivity contribution in [1.82, 2.24) is 15.1 Å². The summed E-state index contributed by atoms with van der Waals surface area (Å²) in [6, 6.07) is 9.42. The molecule has 0 atom stereocenters. The maximum Gasteiger partial charge on any atom is 0.251 e. The molecule has 0 bridgehead atoms. The van der Waals surface area contributed by atoms with Crippen LogP contribution < -0.4 is 5.32 Å². The third-order valence-corrected chi connectivity index (χ3v) is 3.37. The zero-order chi connectivity index (χ0) is 13.0. The first-order chi connectivity index (χ1) is 8.70. The van der Waals surface area contributed by atoms with Gasteiger partial charge in [-0.1, -0.05) is 28.1 Å². The number of rotatable bonds is 4. The number of nitrogens with one attached hydrogen (secondary N) is 1. The zero-order valence-electron chi connectivity index (χ0n) is 10.1. The number of amides is 1. The van der Waals surface area contributed by atoms with E-state index in [4.69, 9.17) is 0 Å². The molecule has 2 rings (SSSR count). The van der Waals surface area contributed by atoms with Gasteiger partial charge in [-0.15, -0.1) is 0 Å². The second-order valence-corrected chi connectivity index (χ2v) is 4.52. The Bertz CT molecular complexity index is 533. The van der Waals surface area contributed by atoms with E-state index in [2.05, 4.69) is 26.3 Å². The van der Waals surface area contributed by atoms with E-state index in [0.717, 1.165) is 16.6 Å². The highest BCUT2D eigenvalue weighted by atomic mass is 79.9. The van der Waals surface area contributed by atoms with Gasteiger partial charge in [0, 0.05) is 24.1 Å². The van der Waals surface area contributed by atoms with Crippen molar-refractivity contribution >= 4 is 21.8 Å². The van der Waals surface area contributed by atoms with Crippen LogP contribution in [-0.2, 0) is 18.9 Å². The van der Waals surface area contributed by atoms with Gasteiger partial charge in [-0.2, -0.15) is 5.10 Å². The quantitative estimate of drug-likeness (QED) is 0.881. The summed E-state index contributed by atoms with van der Waals surface area (Å²) in [5, 5.41) is 7.71. The molecule has 1 amide bonds. The van der Waals surface area contributed by atoms with Gasteiger partial charge in [0.05, 0.1) is 12.2 Å². The molecule has 0 saturated heterocycles. The monoisotopic (exact) mass is 307 g/mol. The summed E-state index contributed by atoms with van der Waals surface area (Å²) in [7, 11) is 1.85. The maximum absolute atomic E-state index is 11.9.